The van der Waals surface area contributed by atoms with Crippen molar-refractivity contribution in [3.8, 4) is 5.75 Å². The third kappa shape index (κ3) is 2.71. The number of pyridine rings is 1. The number of nitrogens with two attached hydrogens (primary N) is 1. The van der Waals surface area contributed by atoms with Gasteiger partial charge in [-0.3, -0.25) is 0 Å². The van der Waals surface area contributed by atoms with Gasteiger partial charge in [-0.2, -0.15) is 0 Å². The highest BCUT2D eigenvalue weighted by Crippen LogP contribution is 2.29. The van der Waals surface area contributed by atoms with Crippen LogP contribution in [0, 0.1) is 5.82 Å². The standard InChI is InChI=1S/C13H12ClFN2O/c1-8(10-7-9(15)4-5-11(10)14)18-12-3-2-6-17-13(12)16/h2-8H,1H3,(H2,16,17)/t8-/m1/s1. The Morgan fingerprint density at radius 3 is 2.89 bits per heavy atom. The molecule has 1 heterocycles. The number of nitrogens with zero attached hydrogens (tertiary/aromatic N) is 1. The van der Waals surface area contributed by atoms with Gasteiger partial charge in [0.2, 0.25) is 0 Å². The zero-order valence-electron chi connectivity index (χ0n) is 9.73. The number of aromatic nitrogens is 1. The molecule has 0 saturated heterocycles. The van der Waals surface area contributed by atoms with Gasteiger partial charge in [0.15, 0.2) is 11.6 Å². The quantitative estimate of drug-likeness (QED) is 0.923. The lowest BCUT2D eigenvalue weighted by molar-refractivity contribution is 0.227. The van der Waals surface area contributed by atoms with E-state index in [1.54, 1.807) is 25.3 Å². The molecule has 1 atom stereocenters. The van der Waals surface area contributed by atoms with Gasteiger partial charge in [-0.25, -0.2) is 9.37 Å². The van der Waals surface area contributed by atoms with E-state index in [4.69, 9.17) is 22.1 Å². The van der Waals surface area contributed by atoms with E-state index in [2.05, 4.69) is 4.98 Å². The average Bonchev–Trinajstić information content (AvgIpc) is 2.35. The van der Waals surface area contributed by atoms with Crippen molar-refractivity contribution < 1.29 is 9.13 Å². The van der Waals surface area contributed by atoms with Gasteiger partial charge in [0.1, 0.15) is 11.9 Å². The van der Waals surface area contributed by atoms with Gasteiger partial charge in [0, 0.05) is 16.8 Å². The lowest BCUT2D eigenvalue weighted by Crippen LogP contribution is -2.06. The van der Waals surface area contributed by atoms with Crippen LogP contribution in [0.25, 0.3) is 0 Å². The summed E-state index contributed by atoms with van der Waals surface area (Å²) in [4.78, 5) is 3.91. The summed E-state index contributed by atoms with van der Waals surface area (Å²) < 4.78 is 18.8. The number of hydrogen-bond acceptors (Lipinski definition) is 3. The molecule has 18 heavy (non-hydrogen) atoms. The second-order valence-corrected chi connectivity index (χ2v) is 4.22. The Labute approximate surface area is 109 Å². The van der Waals surface area contributed by atoms with E-state index in [1.165, 1.54) is 18.2 Å². The summed E-state index contributed by atoms with van der Waals surface area (Å²) in [5.41, 5.74) is 6.24. The summed E-state index contributed by atoms with van der Waals surface area (Å²) in [6, 6.07) is 7.56. The third-order valence-corrected chi connectivity index (χ3v) is 2.84. The topological polar surface area (TPSA) is 48.1 Å². The smallest absolute Gasteiger partial charge is 0.166 e. The molecule has 0 bridgehead atoms. The molecule has 0 amide bonds. The van der Waals surface area contributed by atoms with E-state index in [-0.39, 0.29) is 11.6 Å². The maximum Gasteiger partial charge on any atom is 0.166 e. The first kappa shape index (κ1) is 12.6. The van der Waals surface area contributed by atoms with Gasteiger partial charge in [-0.05, 0) is 37.3 Å². The van der Waals surface area contributed by atoms with Crippen LogP contribution >= 0.6 is 11.6 Å². The summed E-state index contributed by atoms with van der Waals surface area (Å²) >= 11 is 6.00. The molecule has 0 aliphatic carbocycles. The first-order valence-corrected chi connectivity index (χ1v) is 5.78. The molecule has 0 spiro atoms. The first-order valence-electron chi connectivity index (χ1n) is 5.40. The summed E-state index contributed by atoms with van der Waals surface area (Å²) in [5, 5.41) is 0.450. The van der Waals surface area contributed by atoms with E-state index in [0.29, 0.717) is 16.3 Å². The zero-order chi connectivity index (χ0) is 13.1. The van der Waals surface area contributed by atoms with E-state index >= 15 is 0 Å². The number of nitrogen functional groups attached to an aromatic ring is 1. The van der Waals surface area contributed by atoms with Crippen LogP contribution in [0.4, 0.5) is 10.2 Å². The van der Waals surface area contributed by atoms with Crippen molar-refractivity contribution in [1.29, 1.82) is 0 Å². The van der Waals surface area contributed by atoms with E-state index in [9.17, 15) is 4.39 Å². The van der Waals surface area contributed by atoms with Crippen molar-refractivity contribution >= 4 is 17.4 Å². The fraction of sp³-hybridized carbons (Fsp3) is 0.154. The molecule has 1 aromatic carbocycles. The van der Waals surface area contributed by atoms with Crippen LogP contribution in [0.5, 0.6) is 5.75 Å². The molecule has 1 aromatic heterocycles. The van der Waals surface area contributed by atoms with Gasteiger partial charge in [0.05, 0.1) is 0 Å². The number of ether oxygens (including phenoxy) is 1. The Balaban J connectivity index is 2.25. The zero-order valence-corrected chi connectivity index (χ0v) is 10.5. The Morgan fingerprint density at radius 1 is 1.39 bits per heavy atom. The maximum absolute atomic E-state index is 13.2. The Morgan fingerprint density at radius 2 is 2.17 bits per heavy atom. The predicted octanol–water partition coefficient (Wildman–Crippen LogP) is 3.60. The summed E-state index contributed by atoms with van der Waals surface area (Å²) in [6.07, 6.45) is 1.15. The SMILES string of the molecule is C[C@@H](Oc1cccnc1N)c1cc(F)ccc1Cl. The van der Waals surface area contributed by atoms with Crippen molar-refractivity contribution in [3.63, 3.8) is 0 Å². The molecule has 0 aliphatic rings. The van der Waals surface area contributed by atoms with Gasteiger partial charge in [-0.1, -0.05) is 11.6 Å². The predicted molar refractivity (Wildman–Crippen MR) is 69.1 cm³/mol. The molecule has 0 saturated carbocycles. The molecule has 94 valence electrons. The third-order valence-electron chi connectivity index (χ3n) is 2.50. The minimum absolute atomic E-state index is 0.289. The Kier molecular flexibility index (Phi) is 3.67. The van der Waals surface area contributed by atoms with Crippen molar-refractivity contribution in [2.45, 2.75) is 13.0 Å². The summed E-state index contributed by atoms with van der Waals surface area (Å²) in [7, 11) is 0. The minimum atomic E-state index is -0.417. The van der Waals surface area contributed by atoms with Crippen LogP contribution in [0.2, 0.25) is 5.02 Å². The molecule has 0 aliphatic heterocycles. The van der Waals surface area contributed by atoms with Crippen LogP contribution in [0.15, 0.2) is 36.5 Å². The molecule has 3 nitrogen and oxygen atoms in total. The van der Waals surface area contributed by atoms with Gasteiger partial charge >= 0.3 is 0 Å². The van der Waals surface area contributed by atoms with Crippen molar-refractivity contribution in [1.82, 2.24) is 4.98 Å². The number of benzene rings is 1. The highest BCUT2D eigenvalue weighted by Gasteiger charge is 2.13. The molecule has 0 radical (unpaired) electrons. The molecular weight excluding hydrogens is 255 g/mol. The molecular formula is C13H12ClFN2O. The van der Waals surface area contributed by atoms with Crippen molar-refractivity contribution in [3.05, 3.63) is 52.9 Å². The molecule has 2 rings (SSSR count). The largest absolute Gasteiger partial charge is 0.482 e. The van der Waals surface area contributed by atoms with Crippen molar-refractivity contribution in [2.75, 3.05) is 5.73 Å². The number of rotatable bonds is 3. The van der Waals surface area contributed by atoms with Gasteiger partial charge < -0.3 is 10.5 Å². The van der Waals surface area contributed by atoms with E-state index < -0.39 is 6.10 Å². The summed E-state index contributed by atoms with van der Waals surface area (Å²) in [5.74, 6) is 0.381. The normalized spacial score (nSPS) is 12.2. The van der Waals surface area contributed by atoms with E-state index in [0.717, 1.165) is 0 Å². The van der Waals surface area contributed by atoms with Crippen LogP contribution in [-0.4, -0.2) is 4.98 Å². The Bertz CT molecular complexity index is 562. The van der Waals surface area contributed by atoms with Crippen LogP contribution in [0.1, 0.15) is 18.6 Å². The van der Waals surface area contributed by atoms with Crippen LogP contribution in [0.3, 0.4) is 0 Å². The van der Waals surface area contributed by atoms with Crippen molar-refractivity contribution in [2.24, 2.45) is 0 Å². The molecule has 2 aromatic rings. The molecule has 0 fully saturated rings. The van der Waals surface area contributed by atoms with Crippen LogP contribution in [-0.2, 0) is 0 Å². The monoisotopic (exact) mass is 266 g/mol. The molecule has 5 heteroatoms. The van der Waals surface area contributed by atoms with E-state index in [1.807, 2.05) is 0 Å². The number of anilines is 1. The second-order valence-electron chi connectivity index (χ2n) is 3.81. The molecule has 2 N–H and O–H groups in total. The van der Waals surface area contributed by atoms with Crippen LogP contribution < -0.4 is 10.5 Å². The lowest BCUT2D eigenvalue weighted by atomic mass is 10.1. The maximum atomic E-state index is 13.2. The second kappa shape index (κ2) is 5.23. The first-order chi connectivity index (χ1) is 8.58. The highest BCUT2D eigenvalue weighted by molar-refractivity contribution is 6.31. The minimum Gasteiger partial charge on any atom is -0.482 e. The lowest BCUT2D eigenvalue weighted by Gasteiger charge is -2.17. The fourth-order valence-corrected chi connectivity index (χ4v) is 1.85. The number of hydrogen-bond donors (Lipinski definition) is 1. The number of halogens is 2. The summed E-state index contributed by atoms with van der Waals surface area (Å²) in [6.45, 7) is 1.77. The average molecular weight is 267 g/mol. The highest BCUT2D eigenvalue weighted by atomic mass is 35.5. The fourth-order valence-electron chi connectivity index (χ4n) is 1.58. The van der Waals surface area contributed by atoms with Gasteiger partial charge in [-0.15, -0.1) is 0 Å². The van der Waals surface area contributed by atoms with Gasteiger partial charge in [0.25, 0.3) is 0 Å². The molecule has 0 unspecified atom stereocenters. The Hall–Kier alpha value is -1.81.